The second-order valence-corrected chi connectivity index (χ2v) is 5.70. The van der Waals surface area contributed by atoms with Crippen LogP contribution in [0.25, 0.3) is 0 Å². The fraction of sp³-hybridized carbons (Fsp3) is 0.538. The quantitative estimate of drug-likeness (QED) is 0.894. The number of benzene rings is 1. The average molecular weight is 319 g/mol. The maximum absolute atomic E-state index is 6.20. The Hall–Kier alpha value is -0.250. The zero-order chi connectivity index (χ0) is 12.4. The lowest BCUT2D eigenvalue weighted by Gasteiger charge is -2.25. The molecule has 1 heterocycles. The molecule has 1 aliphatic heterocycles. The zero-order valence-electron chi connectivity index (χ0n) is 10.1. The van der Waals surface area contributed by atoms with Crippen LogP contribution in [-0.4, -0.2) is 19.2 Å². The highest BCUT2D eigenvalue weighted by atomic mass is 79.9. The van der Waals surface area contributed by atoms with E-state index in [9.17, 15) is 0 Å². The van der Waals surface area contributed by atoms with Crippen LogP contribution in [0.15, 0.2) is 10.5 Å². The van der Waals surface area contributed by atoms with Crippen molar-refractivity contribution in [2.75, 3.05) is 13.1 Å². The predicted molar refractivity (Wildman–Crippen MR) is 75.1 cm³/mol. The number of aryl methyl sites for hydroxylation is 1. The lowest BCUT2D eigenvalue weighted by molar-refractivity contribution is 0.166. The third-order valence-corrected chi connectivity index (χ3v) is 4.68. The number of hydrogen-bond donors (Lipinski definition) is 1. The van der Waals surface area contributed by atoms with E-state index in [1.54, 1.807) is 0 Å². The first-order chi connectivity index (χ1) is 8.09. The third kappa shape index (κ3) is 2.95. The first-order valence-electron chi connectivity index (χ1n) is 5.92. The summed E-state index contributed by atoms with van der Waals surface area (Å²) < 4.78 is 7.01. The molecule has 0 radical (unpaired) electrons. The van der Waals surface area contributed by atoms with Crippen molar-refractivity contribution >= 4 is 27.5 Å². The van der Waals surface area contributed by atoms with E-state index in [1.165, 1.54) is 6.42 Å². The number of ether oxygens (including phenoxy) is 1. The molecule has 1 unspecified atom stereocenters. The molecular formula is C13H17BrClNO. The van der Waals surface area contributed by atoms with E-state index in [2.05, 4.69) is 21.2 Å². The highest BCUT2D eigenvalue weighted by Crippen LogP contribution is 2.36. The molecular weight excluding hydrogens is 302 g/mol. The maximum atomic E-state index is 6.20. The summed E-state index contributed by atoms with van der Waals surface area (Å²) in [5.74, 6) is 0.901. The topological polar surface area (TPSA) is 21.3 Å². The van der Waals surface area contributed by atoms with Gasteiger partial charge in [-0.05, 0) is 66.4 Å². The van der Waals surface area contributed by atoms with Gasteiger partial charge in [0, 0.05) is 11.6 Å². The summed E-state index contributed by atoms with van der Waals surface area (Å²) in [5, 5.41) is 4.16. The van der Waals surface area contributed by atoms with Crippen LogP contribution < -0.4 is 10.1 Å². The summed E-state index contributed by atoms with van der Waals surface area (Å²) in [6, 6.07) is 2.01. The minimum Gasteiger partial charge on any atom is -0.488 e. The summed E-state index contributed by atoms with van der Waals surface area (Å²) >= 11 is 9.76. The number of halogens is 2. The second-order valence-electron chi connectivity index (χ2n) is 4.53. The molecule has 0 bridgehead atoms. The van der Waals surface area contributed by atoms with Crippen molar-refractivity contribution in [3.8, 4) is 5.75 Å². The van der Waals surface area contributed by atoms with Gasteiger partial charge in [-0.1, -0.05) is 11.6 Å². The summed E-state index contributed by atoms with van der Waals surface area (Å²) in [6.07, 6.45) is 2.55. The van der Waals surface area contributed by atoms with Crippen molar-refractivity contribution in [2.24, 2.45) is 0 Å². The summed E-state index contributed by atoms with van der Waals surface area (Å²) in [6.45, 7) is 6.03. The molecule has 1 aromatic rings. The van der Waals surface area contributed by atoms with E-state index in [4.69, 9.17) is 16.3 Å². The van der Waals surface area contributed by atoms with Gasteiger partial charge in [0.2, 0.25) is 0 Å². The largest absolute Gasteiger partial charge is 0.488 e. The van der Waals surface area contributed by atoms with Crippen LogP contribution in [0.1, 0.15) is 24.0 Å². The number of nitrogens with one attached hydrogen (secondary N) is 1. The lowest BCUT2D eigenvalue weighted by Crippen LogP contribution is -2.37. The minimum atomic E-state index is 0.264. The van der Waals surface area contributed by atoms with Gasteiger partial charge in [-0.25, -0.2) is 0 Å². The van der Waals surface area contributed by atoms with E-state index >= 15 is 0 Å². The Kier molecular flexibility index (Phi) is 4.34. The van der Waals surface area contributed by atoms with Gasteiger partial charge in [0.05, 0.1) is 4.47 Å². The summed E-state index contributed by atoms with van der Waals surface area (Å²) in [5.41, 5.74) is 2.11. The van der Waals surface area contributed by atoms with Gasteiger partial charge in [0.1, 0.15) is 11.9 Å². The molecule has 0 saturated carbocycles. The van der Waals surface area contributed by atoms with Gasteiger partial charge in [0.15, 0.2) is 0 Å². The normalized spacial score (nSPS) is 20.4. The second kappa shape index (κ2) is 5.59. The van der Waals surface area contributed by atoms with Gasteiger partial charge < -0.3 is 10.1 Å². The van der Waals surface area contributed by atoms with Gasteiger partial charge in [0.25, 0.3) is 0 Å². The van der Waals surface area contributed by atoms with Crippen LogP contribution in [-0.2, 0) is 0 Å². The summed E-state index contributed by atoms with van der Waals surface area (Å²) in [7, 11) is 0. The van der Waals surface area contributed by atoms with Crippen LogP contribution in [0.2, 0.25) is 5.02 Å². The number of piperidine rings is 1. The van der Waals surface area contributed by atoms with E-state index in [0.717, 1.165) is 45.9 Å². The van der Waals surface area contributed by atoms with Crippen molar-refractivity contribution in [3.05, 3.63) is 26.7 Å². The van der Waals surface area contributed by atoms with Crippen LogP contribution in [0.5, 0.6) is 5.75 Å². The van der Waals surface area contributed by atoms with Gasteiger partial charge >= 0.3 is 0 Å². The zero-order valence-corrected chi connectivity index (χ0v) is 12.5. The molecule has 94 valence electrons. The molecule has 4 heteroatoms. The highest BCUT2D eigenvalue weighted by Gasteiger charge is 2.17. The molecule has 0 aliphatic carbocycles. The SMILES string of the molecule is Cc1cc(OC2CCCNC2)c(Br)c(C)c1Cl. The van der Waals surface area contributed by atoms with Crippen molar-refractivity contribution < 1.29 is 4.74 Å². The molecule has 1 N–H and O–H groups in total. The van der Waals surface area contributed by atoms with Crippen molar-refractivity contribution in [2.45, 2.75) is 32.8 Å². The minimum absolute atomic E-state index is 0.264. The maximum Gasteiger partial charge on any atom is 0.134 e. The predicted octanol–water partition coefficient (Wildman–Crippen LogP) is 3.85. The molecule has 1 atom stereocenters. The van der Waals surface area contributed by atoms with Gasteiger partial charge in [-0.2, -0.15) is 0 Å². The van der Waals surface area contributed by atoms with Crippen LogP contribution >= 0.6 is 27.5 Å². The molecule has 1 aliphatic rings. The molecule has 0 amide bonds. The Morgan fingerprint density at radius 2 is 2.24 bits per heavy atom. The van der Waals surface area contributed by atoms with Crippen LogP contribution in [0, 0.1) is 13.8 Å². The fourth-order valence-corrected chi connectivity index (χ4v) is 2.76. The van der Waals surface area contributed by atoms with Crippen molar-refractivity contribution in [1.82, 2.24) is 5.32 Å². The highest BCUT2D eigenvalue weighted by molar-refractivity contribution is 9.10. The Labute approximate surface area is 116 Å². The lowest BCUT2D eigenvalue weighted by atomic mass is 10.1. The molecule has 1 saturated heterocycles. The first-order valence-corrected chi connectivity index (χ1v) is 7.09. The van der Waals surface area contributed by atoms with E-state index in [0.29, 0.717) is 0 Å². The average Bonchev–Trinajstić information content (AvgIpc) is 2.35. The molecule has 0 spiro atoms. The van der Waals surface area contributed by atoms with Crippen molar-refractivity contribution in [3.63, 3.8) is 0 Å². The van der Waals surface area contributed by atoms with Gasteiger partial charge in [-0.3, -0.25) is 0 Å². The monoisotopic (exact) mass is 317 g/mol. The summed E-state index contributed by atoms with van der Waals surface area (Å²) in [4.78, 5) is 0. The Balaban J connectivity index is 2.20. The van der Waals surface area contributed by atoms with Gasteiger partial charge in [-0.15, -0.1) is 0 Å². The Bertz CT molecular complexity index is 416. The molecule has 1 fully saturated rings. The Morgan fingerprint density at radius 1 is 1.47 bits per heavy atom. The number of hydrogen-bond acceptors (Lipinski definition) is 2. The molecule has 2 rings (SSSR count). The first kappa shape index (κ1) is 13.2. The molecule has 2 nitrogen and oxygen atoms in total. The van der Waals surface area contributed by atoms with Crippen LogP contribution in [0.3, 0.4) is 0 Å². The smallest absolute Gasteiger partial charge is 0.134 e. The molecule has 1 aromatic carbocycles. The van der Waals surface area contributed by atoms with E-state index in [1.807, 2.05) is 19.9 Å². The molecule has 17 heavy (non-hydrogen) atoms. The van der Waals surface area contributed by atoms with E-state index < -0.39 is 0 Å². The standard InChI is InChI=1S/C13H17BrClNO/c1-8-6-11(12(14)9(2)13(8)15)17-10-4-3-5-16-7-10/h6,10,16H,3-5,7H2,1-2H3. The Morgan fingerprint density at radius 3 is 2.88 bits per heavy atom. The molecule has 0 aromatic heterocycles. The number of rotatable bonds is 2. The third-order valence-electron chi connectivity index (χ3n) is 3.11. The van der Waals surface area contributed by atoms with E-state index in [-0.39, 0.29) is 6.10 Å². The van der Waals surface area contributed by atoms with Crippen molar-refractivity contribution in [1.29, 1.82) is 0 Å². The fourth-order valence-electron chi connectivity index (χ4n) is 2.09. The van der Waals surface area contributed by atoms with Crippen LogP contribution in [0.4, 0.5) is 0 Å².